The van der Waals surface area contributed by atoms with Gasteiger partial charge in [-0.05, 0) is 16.8 Å². The topological polar surface area (TPSA) is 89.8 Å². The Morgan fingerprint density at radius 3 is 2.71 bits per heavy atom. The van der Waals surface area contributed by atoms with Crippen LogP contribution in [0.3, 0.4) is 0 Å². The Labute approximate surface area is 82.4 Å². The Hall–Kier alpha value is -1.18. The third-order valence-electron chi connectivity index (χ3n) is 1.60. The molecule has 1 N–H and O–H groups in total. The molecule has 0 aliphatic carbocycles. The number of anilines is 1. The van der Waals surface area contributed by atoms with Gasteiger partial charge < -0.3 is 5.32 Å². The van der Waals surface area contributed by atoms with Crippen LogP contribution in [0.5, 0.6) is 0 Å². The highest BCUT2D eigenvalue weighted by Crippen LogP contribution is 1.96. The van der Waals surface area contributed by atoms with Crippen molar-refractivity contribution in [2.45, 2.75) is 6.42 Å². The van der Waals surface area contributed by atoms with E-state index >= 15 is 0 Å². The Morgan fingerprint density at radius 2 is 2.21 bits per heavy atom. The Balaban J connectivity index is 2.26. The van der Waals surface area contributed by atoms with Crippen molar-refractivity contribution in [3.8, 4) is 0 Å². The number of hydrogen-bond donors (Lipinski definition) is 1. The molecule has 1 aromatic heterocycles. The van der Waals surface area contributed by atoms with Crippen LogP contribution in [0.25, 0.3) is 0 Å². The lowest BCUT2D eigenvalue weighted by molar-refractivity contribution is 0.600. The predicted molar refractivity (Wildman–Crippen MR) is 51.6 cm³/mol. The van der Waals surface area contributed by atoms with Gasteiger partial charge in [-0.2, -0.15) is 0 Å². The number of hydrogen-bond acceptors (Lipinski definition) is 6. The minimum Gasteiger partial charge on any atom is -0.353 e. The predicted octanol–water partition coefficient (Wildman–Crippen LogP) is -0.943. The van der Waals surface area contributed by atoms with Crippen molar-refractivity contribution in [3.05, 3.63) is 0 Å². The number of nitrogens with zero attached hydrogens (tertiary/aromatic N) is 4. The van der Waals surface area contributed by atoms with Gasteiger partial charge in [0.1, 0.15) is 9.84 Å². The second-order valence-corrected chi connectivity index (χ2v) is 5.30. The van der Waals surface area contributed by atoms with Crippen molar-refractivity contribution in [3.63, 3.8) is 0 Å². The fourth-order valence-corrected chi connectivity index (χ4v) is 1.58. The van der Waals surface area contributed by atoms with Gasteiger partial charge in [0.05, 0.1) is 5.75 Å². The van der Waals surface area contributed by atoms with Gasteiger partial charge in [-0.3, -0.25) is 0 Å². The van der Waals surface area contributed by atoms with E-state index in [0.29, 0.717) is 18.9 Å². The van der Waals surface area contributed by atoms with Gasteiger partial charge in [-0.25, -0.2) is 13.1 Å². The van der Waals surface area contributed by atoms with E-state index in [1.165, 1.54) is 10.9 Å². The zero-order valence-corrected chi connectivity index (χ0v) is 8.95. The van der Waals surface area contributed by atoms with E-state index in [1.54, 1.807) is 7.05 Å². The third kappa shape index (κ3) is 3.69. The van der Waals surface area contributed by atoms with Crippen LogP contribution in [0.15, 0.2) is 0 Å². The maximum absolute atomic E-state index is 10.8. The number of aromatic nitrogens is 4. The number of aryl methyl sites for hydroxylation is 1. The summed E-state index contributed by atoms with van der Waals surface area (Å²) in [5.41, 5.74) is 0. The molecule has 0 aliphatic heterocycles. The molecule has 1 aromatic rings. The van der Waals surface area contributed by atoms with Crippen LogP contribution in [0.4, 0.5) is 5.95 Å². The summed E-state index contributed by atoms with van der Waals surface area (Å²) in [6.45, 7) is 0.543. The quantitative estimate of drug-likeness (QED) is 0.643. The summed E-state index contributed by atoms with van der Waals surface area (Å²) >= 11 is 0. The summed E-state index contributed by atoms with van der Waals surface area (Å²) in [6.07, 6.45) is 1.77. The Kier molecular flexibility index (Phi) is 3.39. The number of sulfone groups is 1. The van der Waals surface area contributed by atoms with E-state index in [9.17, 15) is 8.42 Å². The zero-order chi connectivity index (χ0) is 10.6. The van der Waals surface area contributed by atoms with Gasteiger partial charge >= 0.3 is 0 Å². The van der Waals surface area contributed by atoms with E-state index in [1.807, 2.05) is 0 Å². The van der Waals surface area contributed by atoms with Crippen LogP contribution in [0.1, 0.15) is 6.42 Å². The maximum atomic E-state index is 10.8. The van der Waals surface area contributed by atoms with Crippen LogP contribution in [0, 0.1) is 0 Å². The molecule has 0 bridgehead atoms. The summed E-state index contributed by atoms with van der Waals surface area (Å²) in [7, 11) is -1.17. The molecule has 0 radical (unpaired) electrons. The van der Waals surface area contributed by atoms with Crippen LogP contribution < -0.4 is 5.32 Å². The lowest BCUT2D eigenvalue weighted by atomic mass is 10.5. The van der Waals surface area contributed by atoms with Crippen LogP contribution in [-0.2, 0) is 16.9 Å². The highest BCUT2D eigenvalue weighted by Gasteiger charge is 2.03. The highest BCUT2D eigenvalue weighted by atomic mass is 32.2. The molecule has 0 saturated carbocycles. The standard InChI is InChI=1S/C6H13N5O2S/c1-11-6(8-9-10-11)7-4-3-5-14(2,12)13/h3-5H2,1-2H3,(H,7,8,10). The fraction of sp³-hybridized carbons (Fsp3) is 0.833. The molecule has 0 atom stereocenters. The molecule has 0 aliphatic rings. The first-order chi connectivity index (χ1) is 6.49. The molecule has 0 saturated heterocycles. The summed E-state index contributed by atoms with van der Waals surface area (Å²) < 4.78 is 23.1. The largest absolute Gasteiger partial charge is 0.353 e. The van der Waals surface area contributed by atoms with Crippen molar-refractivity contribution < 1.29 is 8.42 Å². The smallest absolute Gasteiger partial charge is 0.242 e. The molecular formula is C6H13N5O2S. The molecule has 0 fully saturated rings. The van der Waals surface area contributed by atoms with Gasteiger partial charge in [0.15, 0.2) is 0 Å². The minimum absolute atomic E-state index is 0.172. The van der Waals surface area contributed by atoms with Crippen molar-refractivity contribution in [1.29, 1.82) is 0 Å². The lowest BCUT2D eigenvalue weighted by Gasteiger charge is -2.02. The minimum atomic E-state index is -2.87. The Bertz CT molecular complexity index is 385. The second-order valence-electron chi connectivity index (χ2n) is 3.04. The summed E-state index contributed by atoms with van der Waals surface area (Å²) in [5, 5.41) is 13.7. The van der Waals surface area contributed by atoms with Crippen molar-refractivity contribution in [1.82, 2.24) is 20.2 Å². The first-order valence-corrected chi connectivity index (χ1v) is 6.19. The average Bonchev–Trinajstić information content (AvgIpc) is 2.44. The molecule has 0 spiro atoms. The molecule has 0 amide bonds. The number of tetrazole rings is 1. The molecule has 14 heavy (non-hydrogen) atoms. The molecule has 0 aromatic carbocycles. The number of rotatable bonds is 5. The van der Waals surface area contributed by atoms with Gasteiger partial charge in [0, 0.05) is 19.8 Å². The summed E-state index contributed by atoms with van der Waals surface area (Å²) in [5.74, 6) is 0.712. The summed E-state index contributed by atoms with van der Waals surface area (Å²) in [6, 6.07) is 0. The van der Waals surface area contributed by atoms with Gasteiger partial charge in [-0.15, -0.1) is 0 Å². The normalized spacial score (nSPS) is 11.6. The first-order valence-electron chi connectivity index (χ1n) is 4.13. The zero-order valence-electron chi connectivity index (χ0n) is 8.13. The van der Waals surface area contributed by atoms with E-state index in [-0.39, 0.29) is 5.75 Å². The van der Waals surface area contributed by atoms with Crippen LogP contribution in [-0.4, -0.2) is 47.2 Å². The van der Waals surface area contributed by atoms with Gasteiger partial charge in [0.25, 0.3) is 0 Å². The van der Waals surface area contributed by atoms with Crippen LogP contribution >= 0.6 is 0 Å². The van der Waals surface area contributed by atoms with Crippen molar-refractivity contribution >= 4 is 15.8 Å². The van der Waals surface area contributed by atoms with Crippen molar-refractivity contribution in [2.75, 3.05) is 23.9 Å². The van der Waals surface area contributed by atoms with Crippen LogP contribution in [0.2, 0.25) is 0 Å². The first kappa shape index (κ1) is 10.9. The third-order valence-corrected chi connectivity index (χ3v) is 2.63. The maximum Gasteiger partial charge on any atom is 0.242 e. The van der Waals surface area contributed by atoms with Crippen molar-refractivity contribution in [2.24, 2.45) is 7.05 Å². The molecule has 80 valence electrons. The SMILES string of the molecule is Cn1nnnc1NCCCS(C)(=O)=O. The molecule has 7 nitrogen and oxygen atoms in total. The van der Waals surface area contributed by atoms with E-state index in [2.05, 4.69) is 20.8 Å². The molecule has 1 heterocycles. The highest BCUT2D eigenvalue weighted by molar-refractivity contribution is 7.90. The van der Waals surface area contributed by atoms with E-state index in [0.717, 1.165) is 0 Å². The van der Waals surface area contributed by atoms with Gasteiger partial charge in [-0.1, -0.05) is 5.10 Å². The summed E-state index contributed by atoms with van der Waals surface area (Å²) in [4.78, 5) is 0. The molecule has 1 rings (SSSR count). The Morgan fingerprint density at radius 1 is 1.50 bits per heavy atom. The average molecular weight is 219 g/mol. The fourth-order valence-electron chi connectivity index (χ4n) is 0.914. The second kappa shape index (κ2) is 4.36. The van der Waals surface area contributed by atoms with E-state index < -0.39 is 9.84 Å². The van der Waals surface area contributed by atoms with Gasteiger partial charge in [0.2, 0.25) is 5.95 Å². The van der Waals surface area contributed by atoms with E-state index in [4.69, 9.17) is 0 Å². The molecule has 8 heteroatoms. The monoisotopic (exact) mass is 219 g/mol. The number of nitrogens with one attached hydrogen (secondary N) is 1. The molecular weight excluding hydrogens is 206 g/mol. The lowest BCUT2D eigenvalue weighted by Crippen LogP contribution is -2.12. The molecule has 0 unspecified atom stereocenters.